The van der Waals surface area contributed by atoms with E-state index in [2.05, 4.69) is 10.4 Å². The number of carbonyl (C=O) groups excluding carboxylic acids is 1. The molecule has 2 atom stereocenters. The number of nitrogens with one attached hydrogen (secondary N) is 1. The Hall–Kier alpha value is -1.89. The maximum atomic E-state index is 12.7. The van der Waals surface area contributed by atoms with Crippen molar-refractivity contribution in [3.05, 3.63) is 47.1 Å². The number of aryl methyl sites for hydroxylation is 1. The highest BCUT2D eigenvalue weighted by molar-refractivity contribution is 6.30. The summed E-state index contributed by atoms with van der Waals surface area (Å²) >= 11 is 5.86. The van der Waals surface area contributed by atoms with Gasteiger partial charge in [0.05, 0.1) is 18.3 Å². The summed E-state index contributed by atoms with van der Waals surface area (Å²) in [5, 5.41) is 18.2. The molecule has 2 aromatic rings. The molecule has 1 aliphatic rings. The Morgan fingerprint density at radius 3 is 2.79 bits per heavy atom. The summed E-state index contributed by atoms with van der Waals surface area (Å²) in [6, 6.07) is 8.61. The molecule has 1 aromatic heterocycles. The molecule has 0 radical (unpaired) electrons. The molecular weight excluding hydrogens is 328 g/mol. The van der Waals surface area contributed by atoms with E-state index >= 15 is 0 Å². The number of rotatable bonds is 5. The zero-order valence-corrected chi connectivity index (χ0v) is 14.3. The quantitative estimate of drug-likeness (QED) is 0.865. The first-order valence-electron chi connectivity index (χ1n) is 8.02. The van der Waals surface area contributed by atoms with E-state index in [9.17, 15) is 9.90 Å². The van der Waals surface area contributed by atoms with E-state index in [4.69, 9.17) is 11.6 Å². The molecule has 24 heavy (non-hydrogen) atoms. The first-order chi connectivity index (χ1) is 11.6. The van der Waals surface area contributed by atoms with Crippen molar-refractivity contribution in [3.8, 4) is 0 Å². The summed E-state index contributed by atoms with van der Waals surface area (Å²) in [5.41, 5.74) is 0.777. The summed E-state index contributed by atoms with van der Waals surface area (Å²) in [5.74, 6) is 0.818. The van der Waals surface area contributed by atoms with E-state index < -0.39 is 6.10 Å². The van der Waals surface area contributed by atoms with Crippen molar-refractivity contribution in [2.24, 2.45) is 7.05 Å². The van der Waals surface area contributed by atoms with E-state index in [-0.39, 0.29) is 11.9 Å². The molecule has 0 saturated carbocycles. The average molecular weight is 349 g/mol. The molecule has 0 spiro atoms. The van der Waals surface area contributed by atoms with Crippen LogP contribution in [0.4, 0.5) is 5.82 Å². The van der Waals surface area contributed by atoms with Crippen molar-refractivity contribution < 1.29 is 9.90 Å². The van der Waals surface area contributed by atoms with Crippen LogP contribution in [0.15, 0.2) is 36.5 Å². The third-order valence-corrected chi connectivity index (χ3v) is 4.57. The third kappa shape index (κ3) is 3.61. The Morgan fingerprint density at radius 2 is 2.12 bits per heavy atom. The van der Waals surface area contributed by atoms with Crippen molar-refractivity contribution in [2.75, 3.05) is 18.0 Å². The second-order valence-electron chi connectivity index (χ2n) is 5.97. The van der Waals surface area contributed by atoms with Crippen LogP contribution in [-0.4, -0.2) is 39.9 Å². The highest BCUT2D eigenvalue weighted by Gasteiger charge is 2.31. The predicted octanol–water partition coefficient (Wildman–Crippen LogP) is 1.89. The lowest BCUT2D eigenvalue weighted by Gasteiger charge is -2.32. The average Bonchev–Trinajstić information content (AvgIpc) is 3.00. The lowest BCUT2D eigenvalue weighted by atomic mass is 10.0. The van der Waals surface area contributed by atoms with Crippen molar-refractivity contribution in [3.63, 3.8) is 0 Å². The topological polar surface area (TPSA) is 70.4 Å². The fraction of sp³-hybridized carbons (Fsp3) is 0.412. The Balaban J connectivity index is 1.61. The number of aromatic nitrogens is 2. The van der Waals surface area contributed by atoms with Gasteiger partial charge in [0, 0.05) is 31.2 Å². The van der Waals surface area contributed by atoms with E-state index in [0.717, 1.165) is 24.2 Å². The Kier molecular flexibility index (Phi) is 5.18. The van der Waals surface area contributed by atoms with Gasteiger partial charge in [0.2, 0.25) is 5.91 Å². The summed E-state index contributed by atoms with van der Waals surface area (Å²) < 4.78 is 1.70. The highest BCUT2D eigenvalue weighted by Crippen LogP contribution is 2.21. The van der Waals surface area contributed by atoms with Crippen molar-refractivity contribution in [2.45, 2.75) is 25.0 Å². The number of amides is 1. The zero-order valence-electron chi connectivity index (χ0n) is 13.5. The van der Waals surface area contributed by atoms with Gasteiger partial charge in [-0.1, -0.05) is 23.7 Å². The van der Waals surface area contributed by atoms with Crippen molar-refractivity contribution in [1.82, 2.24) is 15.1 Å². The number of hydrogen-bond acceptors (Lipinski definition) is 4. The van der Waals surface area contributed by atoms with E-state index in [1.807, 2.05) is 13.1 Å². The van der Waals surface area contributed by atoms with Crippen LogP contribution in [0.2, 0.25) is 5.02 Å². The van der Waals surface area contributed by atoms with Gasteiger partial charge in [-0.05, 0) is 30.5 Å². The number of piperidine rings is 1. The molecule has 1 saturated heterocycles. The molecular formula is C17H21ClN4O2. The molecule has 128 valence electrons. The molecule has 6 nitrogen and oxygen atoms in total. The fourth-order valence-corrected chi connectivity index (χ4v) is 3.11. The normalized spacial score (nSPS) is 19.5. The molecule has 1 aromatic carbocycles. The summed E-state index contributed by atoms with van der Waals surface area (Å²) in [4.78, 5) is 14.4. The van der Waals surface area contributed by atoms with Gasteiger partial charge >= 0.3 is 0 Å². The van der Waals surface area contributed by atoms with Crippen LogP contribution in [0.1, 0.15) is 24.5 Å². The molecule has 1 fully saturated rings. The Bertz CT molecular complexity index is 701. The van der Waals surface area contributed by atoms with Gasteiger partial charge < -0.3 is 10.4 Å². The van der Waals surface area contributed by atoms with Gasteiger partial charge in [-0.25, -0.2) is 0 Å². The van der Waals surface area contributed by atoms with Crippen LogP contribution < -0.4 is 10.2 Å². The minimum absolute atomic E-state index is 0.0214. The Morgan fingerprint density at radius 1 is 1.38 bits per heavy atom. The van der Waals surface area contributed by atoms with Crippen LogP contribution in [0.25, 0.3) is 0 Å². The number of aliphatic hydroxyl groups excluding tert-OH is 1. The van der Waals surface area contributed by atoms with Crippen molar-refractivity contribution >= 4 is 23.3 Å². The highest BCUT2D eigenvalue weighted by atomic mass is 35.5. The first-order valence-corrected chi connectivity index (χ1v) is 8.40. The maximum Gasteiger partial charge on any atom is 0.245 e. The standard InChI is InChI=1S/C17H21ClN4O2/c1-21-16(8-9-20-21)22-10-2-3-14(17(22)24)19-11-15(23)12-4-6-13(18)7-5-12/h4-9,14-15,19,23H,2-3,10-11H2,1H3/t14?,15-/m1/s1. The number of benzene rings is 1. The summed E-state index contributed by atoms with van der Waals surface area (Å²) in [6.07, 6.45) is 2.68. The zero-order chi connectivity index (χ0) is 17.1. The van der Waals surface area contributed by atoms with Crippen LogP contribution in [0.5, 0.6) is 0 Å². The molecule has 0 bridgehead atoms. The number of aliphatic hydroxyl groups is 1. The first kappa shape index (κ1) is 17.0. The van der Waals surface area contributed by atoms with Crippen molar-refractivity contribution in [1.29, 1.82) is 0 Å². The molecule has 1 amide bonds. The van der Waals surface area contributed by atoms with Gasteiger partial charge in [0.15, 0.2) is 0 Å². The Labute approximate surface area is 146 Å². The number of anilines is 1. The summed E-state index contributed by atoms with van der Waals surface area (Å²) in [7, 11) is 1.82. The second-order valence-corrected chi connectivity index (χ2v) is 6.41. The van der Waals surface area contributed by atoms with Gasteiger partial charge in [-0.3, -0.25) is 14.4 Å². The molecule has 1 unspecified atom stereocenters. The molecule has 2 heterocycles. The minimum Gasteiger partial charge on any atom is -0.387 e. The molecule has 3 rings (SSSR count). The van der Waals surface area contributed by atoms with Gasteiger partial charge in [0.1, 0.15) is 5.82 Å². The van der Waals surface area contributed by atoms with E-state index in [1.165, 1.54) is 0 Å². The SMILES string of the molecule is Cn1nccc1N1CCCC(NC[C@@H](O)c2ccc(Cl)cc2)C1=O. The van der Waals surface area contributed by atoms with Gasteiger partial charge in [0.25, 0.3) is 0 Å². The van der Waals surface area contributed by atoms with E-state index in [1.54, 1.807) is 40.0 Å². The third-order valence-electron chi connectivity index (χ3n) is 4.32. The number of halogens is 1. The summed E-state index contributed by atoms with van der Waals surface area (Å²) in [6.45, 7) is 1.01. The van der Waals surface area contributed by atoms with Gasteiger partial charge in [-0.2, -0.15) is 5.10 Å². The lowest BCUT2D eigenvalue weighted by molar-refractivity contribution is -0.122. The fourth-order valence-electron chi connectivity index (χ4n) is 2.98. The molecule has 7 heteroatoms. The predicted molar refractivity (Wildman–Crippen MR) is 93.0 cm³/mol. The van der Waals surface area contributed by atoms with Crippen LogP contribution >= 0.6 is 11.6 Å². The molecule has 0 aliphatic carbocycles. The van der Waals surface area contributed by atoms with Gasteiger partial charge in [-0.15, -0.1) is 0 Å². The smallest absolute Gasteiger partial charge is 0.245 e. The minimum atomic E-state index is -0.679. The number of nitrogens with zero attached hydrogens (tertiary/aromatic N) is 3. The lowest BCUT2D eigenvalue weighted by Crippen LogP contribution is -2.52. The number of hydrogen-bond donors (Lipinski definition) is 2. The maximum absolute atomic E-state index is 12.7. The monoisotopic (exact) mass is 348 g/mol. The second kappa shape index (κ2) is 7.34. The van der Waals surface area contributed by atoms with Crippen LogP contribution in [-0.2, 0) is 11.8 Å². The van der Waals surface area contributed by atoms with Crippen LogP contribution in [0, 0.1) is 0 Å². The molecule has 1 aliphatic heterocycles. The van der Waals surface area contributed by atoms with Crippen LogP contribution in [0.3, 0.4) is 0 Å². The molecule has 2 N–H and O–H groups in total. The van der Waals surface area contributed by atoms with E-state index in [0.29, 0.717) is 18.1 Å². The largest absolute Gasteiger partial charge is 0.387 e. The number of carbonyl (C=O) groups is 1.